The molecule has 2 bridgehead atoms. The summed E-state index contributed by atoms with van der Waals surface area (Å²) in [6.45, 7) is 1.48. The third-order valence-corrected chi connectivity index (χ3v) is 11.9. The number of aromatic nitrogens is 1. The van der Waals surface area contributed by atoms with Crippen LogP contribution in [-0.4, -0.2) is 91.6 Å². The molecule has 1 aliphatic carbocycles. The molecule has 3 fully saturated rings. The van der Waals surface area contributed by atoms with Gasteiger partial charge in [-0.15, -0.1) is 13.2 Å². The first-order valence-corrected chi connectivity index (χ1v) is 18.2. The molecule has 2 amide bonds. The van der Waals surface area contributed by atoms with E-state index in [2.05, 4.69) is 14.4 Å². The van der Waals surface area contributed by atoms with E-state index < -0.39 is 22.5 Å². The van der Waals surface area contributed by atoms with Crippen molar-refractivity contribution in [2.24, 2.45) is 0 Å². The number of rotatable bonds is 6. The molecule has 2 aromatic carbocycles. The zero-order valence-corrected chi connectivity index (χ0v) is 28.5. The van der Waals surface area contributed by atoms with Crippen molar-refractivity contribution >= 4 is 39.0 Å². The van der Waals surface area contributed by atoms with Crippen molar-refractivity contribution in [2.45, 2.75) is 75.9 Å². The number of likely N-dealkylation sites (N-methyl/N-ethyl adjacent to an activating group) is 1. The second-order valence-corrected chi connectivity index (χ2v) is 15.8. The highest BCUT2D eigenvalue weighted by molar-refractivity contribution is 7.87. The lowest BCUT2D eigenvalue weighted by Crippen LogP contribution is -2.55. The molecule has 0 spiro atoms. The Bertz CT molecular complexity index is 1950. The topological polar surface area (TPSA) is 104 Å². The number of carbonyl (C=O) groups excluding carboxylic acids is 2. The molecule has 3 aliphatic heterocycles. The lowest BCUT2D eigenvalue weighted by atomic mass is 9.81. The van der Waals surface area contributed by atoms with Gasteiger partial charge >= 0.3 is 16.6 Å². The summed E-state index contributed by atoms with van der Waals surface area (Å²) in [6, 6.07) is 9.53. The van der Waals surface area contributed by atoms with E-state index in [9.17, 15) is 31.2 Å². The Hall–Kier alpha value is -3.88. The summed E-state index contributed by atoms with van der Waals surface area (Å²) in [5, 5.41) is 0.815. The first-order valence-electron chi connectivity index (χ1n) is 16.7. The van der Waals surface area contributed by atoms with Gasteiger partial charge in [0.05, 0.1) is 12.2 Å². The number of ether oxygens (including phenoxy) is 1. The molecule has 10 nitrogen and oxygen atoms in total. The van der Waals surface area contributed by atoms with E-state index in [4.69, 9.17) is 0 Å². The van der Waals surface area contributed by atoms with Gasteiger partial charge < -0.3 is 19.1 Å². The standard InChI is InChI=1S/C35H40F3N5O5S/c1-40(2)49(46,47)39-33(44)22-12-15-27-29(17-22)42-18-23(34(45)43-24-13-14-25(43)20-41(3)19-24)16-28-26(10-7-11-30(28)48-35(36,37)38)32(42)31(27)21-8-5-4-6-9-21/h7,10-12,15-17,21,24-25H,4-6,8-9,13-14,18-20H2,1-3H3,(H,39,44). The van der Waals surface area contributed by atoms with Crippen molar-refractivity contribution in [2.75, 3.05) is 34.2 Å². The number of likely N-dealkylation sites (tertiary alicyclic amines) is 1. The molecule has 4 heterocycles. The third-order valence-electron chi connectivity index (χ3n) is 10.4. The van der Waals surface area contributed by atoms with Gasteiger partial charge in [-0.05, 0) is 68.5 Å². The minimum atomic E-state index is -4.95. The van der Waals surface area contributed by atoms with Gasteiger partial charge in [-0.1, -0.05) is 37.5 Å². The summed E-state index contributed by atoms with van der Waals surface area (Å²) in [5.74, 6) is -1.35. The van der Waals surface area contributed by atoms with Crippen LogP contribution in [0.15, 0.2) is 42.0 Å². The van der Waals surface area contributed by atoms with Crippen LogP contribution in [0.1, 0.15) is 72.3 Å². The predicted molar refractivity (Wildman–Crippen MR) is 179 cm³/mol. The van der Waals surface area contributed by atoms with Crippen molar-refractivity contribution in [3.63, 3.8) is 0 Å². The minimum absolute atomic E-state index is 0.00540. The molecule has 2 saturated heterocycles. The van der Waals surface area contributed by atoms with Gasteiger partial charge in [0.25, 0.3) is 11.8 Å². The maximum atomic E-state index is 14.6. The number of carbonyl (C=O) groups is 2. The Labute approximate surface area is 283 Å². The number of alkyl halides is 3. The molecule has 49 heavy (non-hydrogen) atoms. The predicted octanol–water partition coefficient (Wildman–Crippen LogP) is 5.49. The highest BCUT2D eigenvalue weighted by atomic mass is 32.2. The van der Waals surface area contributed by atoms with Crippen LogP contribution in [0.25, 0.3) is 28.2 Å². The molecule has 1 N–H and O–H groups in total. The van der Waals surface area contributed by atoms with Crippen LogP contribution < -0.4 is 9.46 Å². The van der Waals surface area contributed by atoms with E-state index in [1.807, 2.05) is 16.5 Å². The van der Waals surface area contributed by atoms with Crippen LogP contribution >= 0.6 is 0 Å². The van der Waals surface area contributed by atoms with E-state index in [-0.39, 0.29) is 47.3 Å². The number of halogens is 3. The van der Waals surface area contributed by atoms with Crippen molar-refractivity contribution < 1.29 is 35.9 Å². The van der Waals surface area contributed by atoms with Crippen LogP contribution in [0.2, 0.25) is 0 Å². The molecule has 1 aromatic heterocycles. The van der Waals surface area contributed by atoms with Crippen LogP contribution in [0.5, 0.6) is 5.75 Å². The summed E-state index contributed by atoms with van der Waals surface area (Å²) in [7, 11) is 0.576. The first kappa shape index (κ1) is 33.6. The average molecular weight is 700 g/mol. The quantitative estimate of drug-likeness (QED) is 0.365. The van der Waals surface area contributed by atoms with Gasteiger partial charge in [-0.25, -0.2) is 4.72 Å². The molecule has 3 aromatic rings. The largest absolute Gasteiger partial charge is 0.573 e. The minimum Gasteiger partial charge on any atom is -0.405 e. The summed E-state index contributed by atoms with van der Waals surface area (Å²) >= 11 is 0. The summed E-state index contributed by atoms with van der Waals surface area (Å²) in [5.41, 5.74) is 3.33. The molecule has 0 radical (unpaired) electrons. The van der Waals surface area contributed by atoms with Crippen molar-refractivity contribution in [1.82, 2.24) is 23.4 Å². The number of amides is 2. The van der Waals surface area contributed by atoms with Crippen molar-refractivity contribution in [1.29, 1.82) is 0 Å². The molecule has 2 atom stereocenters. The second-order valence-electron chi connectivity index (χ2n) is 13.9. The fourth-order valence-corrected chi connectivity index (χ4v) is 8.82. The maximum Gasteiger partial charge on any atom is 0.573 e. The molecular formula is C35H40F3N5O5S. The van der Waals surface area contributed by atoms with Gasteiger partial charge in [0.1, 0.15) is 5.75 Å². The van der Waals surface area contributed by atoms with E-state index in [1.165, 1.54) is 26.2 Å². The van der Waals surface area contributed by atoms with E-state index >= 15 is 0 Å². The van der Waals surface area contributed by atoms with E-state index in [0.717, 1.165) is 60.2 Å². The number of hydrogen-bond acceptors (Lipinski definition) is 6. The fraction of sp³-hybridized carbons (Fsp3) is 0.486. The van der Waals surface area contributed by atoms with Gasteiger partial charge in [-0.3, -0.25) is 9.59 Å². The molecule has 1 saturated carbocycles. The smallest absolute Gasteiger partial charge is 0.405 e. The molecule has 2 unspecified atom stereocenters. The van der Waals surface area contributed by atoms with Gasteiger partial charge in [0, 0.05) is 72.4 Å². The Morgan fingerprint density at radius 3 is 2.33 bits per heavy atom. The average Bonchev–Trinajstić information content (AvgIpc) is 3.43. The Morgan fingerprint density at radius 1 is 0.980 bits per heavy atom. The zero-order chi connectivity index (χ0) is 34.8. The number of benzene rings is 2. The van der Waals surface area contributed by atoms with Crippen LogP contribution in [0.4, 0.5) is 13.2 Å². The molecule has 262 valence electrons. The lowest BCUT2D eigenvalue weighted by molar-refractivity contribution is -0.274. The SMILES string of the molecule is CN1CC2CCC(C1)N2C(=O)C1=Cc2c(OC(F)(F)F)cccc2-c2c(C3CCCCC3)c3ccc(C(=O)NS(=O)(=O)N(C)C)cc3n2C1. The van der Waals surface area contributed by atoms with E-state index in [0.29, 0.717) is 35.4 Å². The number of fused-ring (bicyclic) bond motifs is 7. The van der Waals surface area contributed by atoms with Crippen LogP contribution in [0.3, 0.4) is 0 Å². The van der Waals surface area contributed by atoms with Crippen LogP contribution in [0, 0.1) is 0 Å². The van der Waals surface area contributed by atoms with Crippen molar-refractivity contribution in [3.8, 4) is 17.0 Å². The highest BCUT2D eigenvalue weighted by Crippen LogP contribution is 2.48. The number of nitrogens with one attached hydrogen (secondary N) is 1. The normalized spacial score (nSPS) is 21.7. The maximum absolute atomic E-state index is 14.6. The monoisotopic (exact) mass is 699 g/mol. The number of nitrogens with zero attached hydrogens (tertiary/aromatic N) is 4. The first-order chi connectivity index (χ1) is 23.2. The Balaban J connectivity index is 1.45. The Morgan fingerprint density at radius 2 is 1.67 bits per heavy atom. The molecule has 14 heteroatoms. The number of piperazine rings is 1. The lowest BCUT2D eigenvalue weighted by Gasteiger charge is -2.40. The van der Waals surface area contributed by atoms with Crippen LogP contribution in [-0.2, 0) is 21.5 Å². The van der Waals surface area contributed by atoms with Gasteiger partial charge in [0.2, 0.25) is 0 Å². The highest BCUT2D eigenvalue weighted by Gasteiger charge is 2.43. The third kappa shape index (κ3) is 6.23. The van der Waals surface area contributed by atoms with Gasteiger partial charge in [0.15, 0.2) is 0 Å². The fourth-order valence-electron chi connectivity index (χ4n) is 8.29. The number of hydrogen-bond donors (Lipinski definition) is 1. The van der Waals surface area contributed by atoms with Gasteiger partial charge in [-0.2, -0.15) is 12.7 Å². The summed E-state index contributed by atoms with van der Waals surface area (Å²) < 4.78 is 76.0. The van der Waals surface area contributed by atoms with Crippen molar-refractivity contribution in [3.05, 3.63) is 58.7 Å². The Kier molecular flexibility index (Phi) is 8.55. The zero-order valence-electron chi connectivity index (χ0n) is 27.7. The summed E-state index contributed by atoms with van der Waals surface area (Å²) in [6.07, 6.45) is 3.15. The van der Waals surface area contributed by atoms with E-state index in [1.54, 1.807) is 30.3 Å². The summed E-state index contributed by atoms with van der Waals surface area (Å²) in [4.78, 5) is 32.0. The molecular weight excluding hydrogens is 659 g/mol. The molecule has 4 aliphatic rings. The second kappa shape index (κ2) is 12.5. The molecule has 7 rings (SSSR count).